The Hall–Kier alpha value is 0.980. The Morgan fingerprint density at radius 3 is 2.08 bits per heavy atom. The van der Waals surface area contributed by atoms with Crippen LogP contribution in [0.1, 0.15) is 6.92 Å². The number of halogens is 4. The van der Waals surface area contributed by atoms with Gasteiger partial charge >= 0.3 is 0 Å². The van der Waals surface area contributed by atoms with Gasteiger partial charge < -0.3 is 0 Å². The zero-order valence-corrected chi connectivity index (χ0v) is 9.82. The Bertz CT molecular complexity index is 219. The molecule has 1 rings (SSSR count). The fourth-order valence-electron chi connectivity index (χ4n) is 0.726. The molecule has 1 amide bonds. The topological polar surface area (TPSA) is 20.3 Å². The van der Waals surface area contributed by atoms with Crippen LogP contribution in [0.25, 0.3) is 0 Å². The van der Waals surface area contributed by atoms with Gasteiger partial charge in [-0.05, 0) is 18.9 Å². The summed E-state index contributed by atoms with van der Waals surface area (Å²) in [5.41, 5.74) is 0. The van der Waals surface area contributed by atoms with Gasteiger partial charge in [-0.3, -0.25) is 9.10 Å². The summed E-state index contributed by atoms with van der Waals surface area (Å²) in [5, 5.41) is 0. The Kier molecular flexibility index (Phi) is 3.02. The van der Waals surface area contributed by atoms with Crippen molar-refractivity contribution in [2.45, 2.75) is 14.9 Å². The van der Waals surface area contributed by atoms with Crippen LogP contribution in [0, 0.1) is 0 Å². The van der Waals surface area contributed by atoms with E-state index in [9.17, 15) is 4.79 Å². The highest BCUT2D eigenvalue weighted by molar-refractivity contribution is 8.02. The lowest BCUT2D eigenvalue weighted by Gasteiger charge is -2.18. The first-order chi connectivity index (χ1) is 5.33. The summed E-state index contributed by atoms with van der Waals surface area (Å²) in [6.45, 7) is 2.25. The summed E-state index contributed by atoms with van der Waals surface area (Å²) in [6.07, 6.45) is 0. The summed E-state index contributed by atoms with van der Waals surface area (Å²) >= 11 is 23.7. The molecule has 0 unspecified atom stereocenters. The Balaban J connectivity index is 2.96. The number of nitrogens with zero attached hydrogens (tertiary/aromatic N) is 1. The summed E-state index contributed by atoms with van der Waals surface area (Å²) in [7, 11) is 0. The minimum absolute atomic E-state index is 0.464. The van der Waals surface area contributed by atoms with E-state index in [0.717, 1.165) is 11.9 Å². The number of rotatable bonds is 1. The molecule has 1 heterocycles. The van der Waals surface area contributed by atoms with Crippen molar-refractivity contribution in [2.24, 2.45) is 0 Å². The molecule has 0 aromatic heterocycles. The molecule has 0 bridgehead atoms. The third kappa shape index (κ3) is 1.50. The first-order valence-corrected chi connectivity index (χ1v) is 5.38. The molecule has 0 atom stereocenters. The van der Waals surface area contributed by atoms with Gasteiger partial charge in [0.2, 0.25) is 8.00 Å². The van der Waals surface area contributed by atoms with Crippen LogP contribution in [0.3, 0.4) is 0 Å². The molecule has 0 radical (unpaired) electrons. The lowest BCUT2D eigenvalue weighted by atomic mass is 10.4. The highest BCUT2D eigenvalue weighted by atomic mass is 35.5. The number of hydrogen-bond donors (Lipinski definition) is 0. The standard InChI is InChI=1S/C5H5Cl4NOS/c1-2-10-3(11)4(6,7)5(8,9)12-10/h2H2,1H3. The van der Waals surface area contributed by atoms with E-state index in [4.69, 9.17) is 46.4 Å². The average molecular weight is 269 g/mol. The highest BCUT2D eigenvalue weighted by Crippen LogP contribution is 2.58. The molecular weight excluding hydrogens is 264 g/mol. The molecule has 0 aromatic carbocycles. The molecule has 1 aliphatic rings. The van der Waals surface area contributed by atoms with Gasteiger partial charge in [0, 0.05) is 6.54 Å². The lowest BCUT2D eigenvalue weighted by Crippen LogP contribution is -2.37. The first kappa shape index (κ1) is 11.1. The molecule has 7 heteroatoms. The third-order valence-electron chi connectivity index (χ3n) is 1.37. The maximum atomic E-state index is 11.3. The van der Waals surface area contributed by atoms with E-state index < -0.39 is 13.9 Å². The normalized spacial score (nSPS) is 26.4. The van der Waals surface area contributed by atoms with Crippen LogP contribution in [-0.4, -0.2) is 24.8 Å². The Labute approximate surface area is 94.6 Å². The zero-order chi connectivity index (χ0) is 9.57. The zero-order valence-electron chi connectivity index (χ0n) is 5.98. The second kappa shape index (κ2) is 3.28. The Morgan fingerprint density at radius 2 is 1.92 bits per heavy atom. The first-order valence-electron chi connectivity index (χ1n) is 3.09. The molecule has 1 fully saturated rings. The monoisotopic (exact) mass is 267 g/mol. The van der Waals surface area contributed by atoms with Crippen molar-refractivity contribution in [2.75, 3.05) is 6.54 Å². The van der Waals surface area contributed by atoms with Crippen LogP contribution in [0.15, 0.2) is 0 Å². The van der Waals surface area contributed by atoms with Crippen LogP contribution in [-0.2, 0) is 4.79 Å². The van der Waals surface area contributed by atoms with Crippen LogP contribution >= 0.6 is 58.4 Å². The van der Waals surface area contributed by atoms with Crippen molar-refractivity contribution in [1.82, 2.24) is 4.31 Å². The summed E-state index contributed by atoms with van der Waals surface area (Å²) in [6, 6.07) is 0. The maximum Gasteiger partial charge on any atom is 0.273 e. The van der Waals surface area contributed by atoms with Gasteiger partial charge in [-0.15, -0.1) is 0 Å². The fourth-order valence-corrected chi connectivity index (χ4v) is 2.73. The number of carbonyl (C=O) groups excluding carboxylic acids is 1. The molecule has 0 N–H and O–H groups in total. The molecule has 70 valence electrons. The van der Waals surface area contributed by atoms with Gasteiger partial charge in [0.05, 0.1) is 0 Å². The molecule has 12 heavy (non-hydrogen) atoms. The van der Waals surface area contributed by atoms with Crippen molar-refractivity contribution < 1.29 is 4.79 Å². The van der Waals surface area contributed by atoms with Crippen molar-refractivity contribution >= 4 is 64.3 Å². The predicted molar refractivity (Wildman–Crippen MR) is 53.9 cm³/mol. The van der Waals surface area contributed by atoms with E-state index in [1.54, 1.807) is 6.92 Å². The average Bonchev–Trinajstić information content (AvgIpc) is 2.11. The molecule has 1 saturated heterocycles. The number of amides is 1. The van der Waals surface area contributed by atoms with Crippen LogP contribution in [0.2, 0.25) is 0 Å². The number of carbonyl (C=O) groups is 1. The summed E-state index contributed by atoms with van der Waals surface area (Å²) in [4.78, 5) is 11.3. The second-order valence-corrected chi connectivity index (χ2v) is 6.52. The molecule has 1 aliphatic heterocycles. The lowest BCUT2D eigenvalue weighted by molar-refractivity contribution is -0.125. The van der Waals surface area contributed by atoms with E-state index in [2.05, 4.69) is 0 Å². The molecule has 0 saturated carbocycles. The van der Waals surface area contributed by atoms with Gasteiger partial charge in [-0.2, -0.15) is 0 Å². The van der Waals surface area contributed by atoms with Gasteiger partial charge in [0.1, 0.15) is 0 Å². The molecular formula is C5H5Cl4NOS. The van der Waals surface area contributed by atoms with E-state index in [0.29, 0.717) is 6.54 Å². The van der Waals surface area contributed by atoms with E-state index in [1.165, 1.54) is 4.31 Å². The van der Waals surface area contributed by atoms with E-state index in [-0.39, 0.29) is 0 Å². The van der Waals surface area contributed by atoms with Gasteiger partial charge in [-0.1, -0.05) is 46.4 Å². The van der Waals surface area contributed by atoms with Crippen LogP contribution < -0.4 is 0 Å². The van der Waals surface area contributed by atoms with Gasteiger partial charge in [0.15, 0.2) is 0 Å². The fraction of sp³-hybridized carbons (Fsp3) is 0.800. The maximum absolute atomic E-state index is 11.3. The summed E-state index contributed by atoms with van der Waals surface area (Å²) < 4.78 is -1.92. The Morgan fingerprint density at radius 1 is 1.42 bits per heavy atom. The quantitative estimate of drug-likeness (QED) is 0.539. The SMILES string of the molecule is CCN1SC(Cl)(Cl)C(Cl)(Cl)C1=O. The molecule has 2 nitrogen and oxygen atoms in total. The predicted octanol–water partition coefficient (Wildman–Crippen LogP) is 2.80. The van der Waals surface area contributed by atoms with Crippen LogP contribution in [0.5, 0.6) is 0 Å². The third-order valence-corrected chi connectivity index (χ3v) is 5.03. The molecule has 0 aromatic rings. The largest absolute Gasteiger partial charge is 0.281 e. The van der Waals surface area contributed by atoms with Crippen molar-refractivity contribution in [3.05, 3.63) is 0 Å². The van der Waals surface area contributed by atoms with Crippen molar-refractivity contribution in [3.8, 4) is 0 Å². The second-order valence-electron chi connectivity index (χ2n) is 2.18. The van der Waals surface area contributed by atoms with Gasteiger partial charge in [-0.25, -0.2) is 0 Å². The smallest absolute Gasteiger partial charge is 0.273 e. The minimum Gasteiger partial charge on any atom is -0.281 e. The van der Waals surface area contributed by atoms with Crippen LogP contribution in [0.4, 0.5) is 0 Å². The molecule has 0 aliphatic carbocycles. The van der Waals surface area contributed by atoms with Crippen molar-refractivity contribution in [1.29, 1.82) is 0 Å². The number of alkyl halides is 4. The van der Waals surface area contributed by atoms with E-state index in [1.807, 2.05) is 0 Å². The number of hydrogen-bond acceptors (Lipinski definition) is 2. The molecule has 0 spiro atoms. The summed E-state index contributed by atoms with van der Waals surface area (Å²) in [5.74, 6) is -0.469. The highest BCUT2D eigenvalue weighted by Gasteiger charge is 2.62. The minimum atomic E-state index is -1.75. The van der Waals surface area contributed by atoms with Gasteiger partial charge in [0.25, 0.3) is 5.91 Å². The van der Waals surface area contributed by atoms with E-state index >= 15 is 0 Å². The van der Waals surface area contributed by atoms with Crippen molar-refractivity contribution in [3.63, 3.8) is 0 Å².